The van der Waals surface area contributed by atoms with Crippen LogP contribution in [0.3, 0.4) is 0 Å². The lowest BCUT2D eigenvalue weighted by Crippen LogP contribution is -2.35. The highest BCUT2D eigenvalue weighted by molar-refractivity contribution is 7.80. The summed E-state index contributed by atoms with van der Waals surface area (Å²) >= 11 is 4.90. The molecule has 1 rings (SSSR count). The van der Waals surface area contributed by atoms with Crippen LogP contribution in [0.2, 0.25) is 0 Å². The molecule has 0 aliphatic rings. The SMILES string of the molecule is CC(CN(C)C(=O)CCc1ccccc1)C(N)=S. The van der Waals surface area contributed by atoms with Gasteiger partial charge in [-0.1, -0.05) is 49.5 Å². The number of rotatable bonds is 6. The van der Waals surface area contributed by atoms with E-state index in [0.29, 0.717) is 18.0 Å². The summed E-state index contributed by atoms with van der Waals surface area (Å²) in [6.45, 7) is 2.52. The van der Waals surface area contributed by atoms with E-state index >= 15 is 0 Å². The molecule has 0 bridgehead atoms. The van der Waals surface area contributed by atoms with E-state index in [2.05, 4.69) is 0 Å². The zero-order valence-electron chi connectivity index (χ0n) is 10.9. The van der Waals surface area contributed by atoms with Crippen molar-refractivity contribution >= 4 is 23.1 Å². The van der Waals surface area contributed by atoms with Gasteiger partial charge in [-0.15, -0.1) is 0 Å². The number of hydrogen-bond acceptors (Lipinski definition) is 2. The van der Waals surface area contributed by atoms with E-state index in [4.69, 9.17) is 18.0 Å². The lowest BCUT2D eigenvalue weighted by Gasteiger charge is -2.21. The fourth-order valence-corrected chi connectivity index (χ4v) is 1.76. The average molecular weight is 264 g/mol. The Bertz CT molecular complexity index is 406. The van der Waals surface area contributed by atoms with Gasteiger partial charge in [0, 0.05) is 25.9 Å². The van der Waals surface area contributed by atoms with Crippen molar-refractivity contribution in [1.82, 2.24) is 4.90 Å². The lowest BCUT2D eigenvalue weighted by molar-refractivity contribution is -0.130. The number of carbonyl (C=O) groups is 1. The van der Waals surface area contributed by atoms with Crippen LogP contribution in [0.4, 0.5) is 0 Å². The first-order chi connectivity index (χ1) is 8.50. The van der Waals surface area contributed by atoms with Gasteiger partial charge in [0.1, 0.15) is 0 Å². The number of nitrogens with zero attached hydrogens (tertiary/aromatic N) is 1. The minimum atomic E-state index is 0.0608. The summed E-state index contributed by atoms with van der Waals surface area (Å²) in [4.78, 5) is 14.1. The smallest absolute Gasteiger partial charge is 0.222 e. The van der Waals surface area contributed by atoms with Gasteiger partial charge in [-0.25, -0.2) is 0 Å². The quantitative estimate of drug-likeness (QED) is 0.799. The molecular formula is C14H20N2OS. The highest BCUT2D eigenvalue weighted by atomic mass is 32.1. The number of carbonyl (C=O) groups excluding carboxylic acids is 1. The van der Waals surface area contributed by atoms with Crippen LogP contribution in [-0.2, 0) is 11.2 Å². The summed E-state index contributed by atoms with van der Waals surface area (Å²) in [7, 11) is 1.79. The highest BCUT2D eigenvalue weighted by Crippen LogP contribution is 2.06. The van der Waals surface area contributed by atoms with Crippen molar-refractivity contribution in [3.8, 4) is 0 Å². The molecular weight excluding hydrogens is 244 g/mol. The highest BCUT2D eigenvalue weighted by Gasteiger charge is 2.13. The first-order valence-corrected chi connectivity index (χ1v) is 6.48. The molecule has 0 saturated carbocycles. The predicted octanol–water partition coefficient (Wildman–Crippen LogP) is 2.00. The van der Waals surface area contributed by atoms with Crippen molar-refractivity contribution in [3.05, 3.63) is 35.9 Å². The zero-order chi connectivity index (χ0) is 13.5. The van der Waals surface area contributed by atoms with Crippen molar-refractivity contribution in [2.24, 2.45) is 11.7 Å². The minimum absolute atomic E-state index is 0.0608. The molecule has 0 fully saturated rings. The molecule has 1 amide bonds. The van der Waals surface area contributed by atoms with E-state index in [1.165, 1.54) is 5.56 Å². The topological polar surface area (TPSA) is 46.3 Å². The number of hydrogen-bond donors (Lipinski definition) is 1. The molecule has 0 heterocycles. The van der Waals surface area contributed by atoms with Crippen molar-refractivity contribution < 1.29 is 4.79 Å². The first kappa shape index (κ1) is 14.6. The Morgan fingerprint density at radius 2 is 2.00 bits per heavy atom. The third-order valence-electron chi connectivity index (χ3n) is 2.93. The maximum atomic E-state index is 11.9. The van der Waals surface area contributed by atoms with E-state index in [0.717, 1.165) is 6.42 Å². The Morgan fingerprint density at radius 1 is 1.39 bits per heavy atom. The second kappa shape index (κ2) is 7.11. The Labute approximate surface area is 114 Å². The van der Waals surface area contributed by atoms with E-state index < -0.39 is 0 Å². The molecule has 4 heteroatoms. The van der Waals surface area contributed by atoms with E-state index in [1.54, 1.807) is 11.9 Å². The van der Waals surface area contributed by atoms with Crippen molar-refractivity contribution in [2.75, 3.05) is 13.6 Å². The third-order valence-corrected chi connectivity index (χ3v) is 3.33. The molecule has 1 atom stereocenters. The summed E-state index contributed by atoms with van der Waals surface area (Å²) in [6.07, 6.45) is 1.29. The average Bonchev–Trinajstić information content (AvgIpc) is 2.36. The molecule has 0 radical (unpaired) electrons. The van der Waals surface area contributed by atoms with Gasteiger partial charge in [0.2, 0.25) is 5.91 Å². The molecule has 18 heavy (non-hydrogen) atoms. The fraction of sp³-hybridized carbons (Fsp3) is 0.429. The van der Waals surface area contributed by atoms with Gasteiger partial charge < -0.3 is 10.6 Å². The molecule has 0 spiro atoms. The lowest BCUT2D eigenvalue weighted by atomic mass is 10.1. The van der Waals surface area contributed by atoms with E-state index in [-0.39, 0.29) is 11.8 Å². The largest absolute Gasteiger partial charge is 0.393 e. The standard InChI is InChI=1S/C14H20N2OS/c1-11(14(15)18)10-16(2)13(17)9-8-12-6-4-3-5-7-12/h3-7,11H,8-10H2,1-2H3,(H2,15,18). The molecule has 0 saturated heterocycles. The Hall–Kier alpha value is -1.42. The summed E-state index contributed by atoms with van der Waals surface area (Å²) in [5.41, 5.74) is 6.72. The maximum absolute atomic E-state index is 11.9. The number of thiocarbonyl (C=S) groups is 1. The third kappa shape index (κ3) is 4.84. The van der Waals surface area contributed by atoms with Gasteiger partial charge in [0.15, 0.2) is 0 Å². The fourth-order valence-electron chi connectivity index (χ4n) is 1.69. The molecule has 98 valence electrons. The van der Waals surface area contributed by atoms with Gasteiger partial charge in [0.25, 0.3) is 0 Å². The normalized spacial score (nSPS) is 11.9. The van der Waals surface area contributed by atoms with Crippen LogP contribution in [-0.4, -0.2) is 29.4 Å². The molecule has 0 aliphatic carbocycles. The van der Waals surface area contributed by atoms with Crippen LogP contribution in [0.5, 0.6) is 0 Å². The number of benzene rings is 1. The Kier molecular flexibility index (Phi) is 5.78. The molecule has 0 aliphatic heterocycles. The van der Waals surface area contributed by atoms with Crippen molar-refractivity contribution in [3.63, 3.8) is 0 Å². The summed E-state index contributed by atoms with van der Waals surface area (Å²) in [5.74, 6) is 0.188. The maximum Gasteiger partial charge on any atom is 0.222 e. The number of nitrogens with two attached hydrogens (primary N) is 1. The van der Waals surface area contributed by atoms with E-state index in [1.807, 2.05) is 37.3 Å². The Balaban J connectivity index is 2.39. The van der Waals surface area contributed by atoms with Gasteiger partial charge in [-0.3, -0.25) is 4.79 Å². The van der Waals surface area contributed by atoms with Crippen molar-refractivity contribution in [2.45, 2.75) is 19.8 Å². The molecule has 2 N–H and O–H groups in total. The van der Waals surface area contributed by atoms with Crippen LogP contribution < -0.4 is 5.73 Å². The van der Waals surface area contributed by atoms with Crippen LogP contribution in [0.1, 0.15) is 18.9 Å². The first-order valence-electron chi connectivity index (χ1n) is 6.08. The molecule has 1 aromatic rings. The molecule has 3 nitrogen and oxygen atoms in total. The molecule has 1 aromatic carbocycles. The molecule has 0 aromatic heterocycles. The van der Waals surface area contributed by atoms with Gasteiger partial charge >= 0.3 is 0 Å². The summed E-state index contributed by atoms with van der Waals surface area (Å²) in [5, 5.41) is 0. The zero-order valence-corrected chi connectivity index (χ0v) is 11.7. The van der Waals surface area contributed by atoms with Crippen LogP contribution in [0, 0.1) is 5.92 Å². The van der Waals surface area contributed by atoms with Gasteiger partial charge in [0.05, 0.1) is 4.99 Å². The van der Waals surface area contributed by atoms with Crippen LogP contribution in [0.15, 0.2) is 30.3 Å². The van der Waals surface area contributed by atoms with Crippen molar-refractivity contribution in [1.29, 1.82) is 0 Å². The van der Waals surface area contributed by atoms with Crippen LogP contribution >= 0.6 is 12.2 Å². The predicted molar refractivity (Wildman–Crippen MR) is 78.3 cm³/mol. The molecule has 1 unspecified atom stereocenters. The minimum Gasteiger partial charge on any atom is -0.393 e. The number of aryl methyl sites for hydroxylation is 1. The second-order valence-corrected chi connectivity index (χ2v) is 5.03. The summed E-state index contributed by atoms with van der Waals surface area (Å²) in [6, 6.07) is 10.0. The Morgan fingerprint density at radius 3 is 2.56 bits per heavy atom. The van der Waals surface area contributed by atoms with Gasteiger partial charge in [-0.2, -0.15) is 0 Å². The second-order valence-electron chi connectivity index (χ2n) is 4.56. The number of amides is 1. The summed E-state index contributed by atoms with van der Waals surface area (Å²) < 4.78 is 0. The van der Waals surface area contributed by atoms with Gasteiger partial charge in [-0.05, 0) is 12.0 Å². The van der Waals surface area contributed by atoms with Crippen LogP contribution in [0.25, 0.3) is 0 Å². The van der Waals surface area contributed by atoms with E-state index in [9.17, 15) is 4.79 Å². The monoisotopic (exact) mass is 264 g/mol.